The third-order valence-corrected chi connectivity index (χ3v) is 3.71. The Morgan fingerprint density at radius 3 is 2.50 bits per heavy atom. The Morgan fingerprint density at radius 2 is 2.05 bits per heavy atom. The lowest BCUT2D eigenvalue weighted by Crippen LogP contribution is -2.36. The molecule has 110 valence electrons. The number of carbonyl (C=O) groups is 1. The molecule has 1 aliphatic rings. The van der Waals surface area contributed by atoms with Crippen molar-refractivity contribution in [2.24, 2.45) is 0 Å². The maximum atomic E-state index is 11.8. The van der Waals surface area contributed by atoms with Gasteiger partial charge < -0.3 is 19.6 Å². The molecule has 1 aromatic carbocycles. The van der Waals surface area contributed by atoms with E-state index in [-0.39, 0.29) is 18.4 Å². The summed E-state index contributed by atoms with van der Waals surface area (Å²) in [6.45, 7) is 1.02. The first kappa shape index (κ1) is 14.8. The summed E-state index contributed by atoms with van der Waals surface area (Å²) in [6, 6.07) is 7.98. The molecule has 1 aromatic rings. The number of amides is 1. The highest BCUT2D eigenvalue weighted by atomic mass is 16.5. The zero-order valence-corrected chi connectivity index (χ0v) is 12.2. The predicted octanol–water partition coefficient (Wildman–Crippen LogP) is 0.891. The van der Waals surface area contributed by atoms with Crippen molar-refractivity contribution in [3.63, 3.8) is 0 Å². The van der Waals surface area contributed by atoms with Gasteiger partial charge in [0.15, 0.2) is 0 Å². The largest absolute Gasteiger partial charge is 0.497 e. The summed E-state index contributed by atoms with van der Waals surface area (Å²) in [5, 5.41) is 9.57. The molecule has 1 fully saturated rings. The van der Waals surface area contributed by atoms with Gasteiger partial charge in [-0.25, -0.2) is 0 Å². The number of likely N-dealkylation sites (N-methyl/N-ethyl adjacent to an activating group) is 1. The van der Waals surface area contributed by atoms with Crippen LogP contribution in [0.4, 0.5) is 0 Å². The van der Waals surface area contributed by atoms with Crippen molar-refractivity contribution in [1.29, 1.82) is 0 Å². The van der Waals surface area contributed by atoms with Crippen LogP contribution in [0.3, 0.4) is 0 Å². The van der Waals surface area contributed by atoms with Gasteiger partial charge in [0.2, 0.25) is 5.91 Å². The molecule has 0 bridgehead atoms. The standard InChI is InChI=1S/C15H22N2O3/c1-16(2)14(10-17-9-12(18)8-15(17)19)11-4-6-13(20-3)7-5-11/h4-7,12,14,18H,8-10H2,1-3H3. The topological polar surface area (TPSA) is 53.0 Å². The summed E-state index contributed by atoms with van der Waals surface area (Å²) in [4.78, 5) is 15.6. The van der Waals surface area contributed by atoms with Crippen LogP contribution in [0.1, 0.15) is 18.0 Å². The number of hydrogen-bond donors (Lipinski definition) is 1. The molecule has 2 unspecified atom stereocenters. The number of aliphatic hydroxyl groups is 1. The first-order valence-electron chi connectivity index (χ1n) is 6.77. The van der Waals surface area contributed by atoms with Crippen LogP contribution in [0.2, 0.25) is 0 Å². The number of β-amino-alcohol motifs (C(OH)–C–C–N with tert-alkyl or cyclic N) is 1. The number of rotatable bonds is 5. The molecule has 2 rings (SSSR count). The molecule has 0 saturated carbocycles. The van der Waals surface area contributed by atoms with Crippen LogP contribution in [0.25, 0.3) is 0 Å². The van der Waals surface area contributed by atoms with Gasteiger partial charge in [-0.05, 0) is 31.8 Å². The summed E-state index contributed by atoms with van der Waals surface area (Å²) in [5.74, 6) is 0.844. The van der Waals surface area contributed by atoms with E-state index in [9.17, 15) is 9.90 Å². The van der Waals surface area contributed by atoms with Crippen LogP contribution in [0.15, 0.2) is 24.3 Å². The van der Waals surface area contributed by atoms with Gasteiger partial charge >= 0.3 is 0 Å². The van der Waals surface area contributed by atoms with Crippen LogP contribution in [-0.4, -0.2) is 61.2 Å². The van der Waals surface area contributed by atoms with Crippen LogP contribution in [-0.2, 0) is 4.79 Å². The Balaban J connectivity index is 2.12. The maximum absolute atomic E-state index is 11.8. The summed E-state index contributed by atoms with van der Waals surface area (Å²) in [7, 11) is 5.63. The first-order valence-corrected chi connectivity index (χ1v) is 6.77. The third-order valence-electron chi connectivity index (χ3n) is 3.71. The number of likely N-dealkylation sites (tertiary alicyclic amines) is 1. The van der Waals surface area contributed by atoms with Gasteiger partial charge in [-0.1, -0.05) is 12.1 Å². The summed E-state index contributed by atoms with van der Waals surface area (Å²) in [5.41, 5.74) is 1.13. The SMILES string of the molecule is COc1ccc(C(CN2CC(O)CC2=O)N(C)C)cc1. The van der Waals surface area contributed by atoms with Gasteiger partial charge in [-0.3, -0.25) is 4.79 Å². The minimum atomic E-state index is -0.527. The van der Waals surface area contributed by atoms with Gasteiger partial charge in [-0.15, -0.1) is 0 Å². The second-order valence-electron chi connectivity index (χ2n) is 5.41. The molecule has 1 saturated heterocycles. The molecule has 5 heteroatoms. The summed E-state index contributed by atoms with van der Waals surface area (Å²) < 4.78 is 5.16. The molecule has 5 nitrogen and oxygen atoms in total. The molecule has 20 heavy (non-hydrogen) atoms. The highest BCUT2D eigenvalue weighted by molar-refractivity contribution is 5.79. The van der Waals surface area contributed by atoms with E-state index in [0.717, 1.165) is 11.3 Å². The Bertz CT molecular complexity index is 459. The highest BCUT2D eigenvalue weighted by Crippen LogP contribution is 2.24. The molecular formula is C15H22N2O3. The molecule has 1 heterocycles. The first-order chi connectivity index (χ1) is 9.51. The third kappa shape index (κ3) is 3.29. The molecule has 2 atom stereocenters. The molecule has 0 radical (unpaired) electrons. The minimum absolute atomic E-state index is 0.0258. The number of hydrogen-bond acceptors (Lipinski definition) is 4. The van der Waals surface area contributed by atoms with Gasteiger partial charge in [0.25, 0.3) is 0 Å². The maximum Gasteiger partial charge on any atom is 0.225 e. The average Bonchev–Trinajstić information content (AvgIpc) is 2.74. The second kappa shape index (κ2) is 6.24. The number of nitrogens with zero attached hydrogens (tertiary/aromatic N) is 2. The van der Waals surface area contributed by atoms with Crippen LogP contribution in [0.5, 0.6) is 5.75 Å². The fourth-order valence-corrected chi connectivity index (χ4v) is 2.53. The monoisotopic (exact) mass is 278 g/mol. The van der Waals surface area contributed by atoms with E-state index in [0.29, 0.717) is 13.1 Å². The predicted molar refractivity (Wildman–Crippen MR) is 76.6 cm³/mol. The van der Waals surface area contributed by atoms with E-state index in [1.165, 1.54) is 0 Å². The van der Waals surface area contributed by atoms with E-state index in [1.54, 1.807) is 12.0 Å². The molecule has 0 spiro atoms. The lowest BCUT2D eigenvalue weighted by molar-refractivity contribution is -0.128. The molecular weight excluding hydrogens is 256 g/mol. The fraction of sp³-hybridized carbons (Fsp3) is 0.533. The smallest absolute Gasteiger partial charge is 0.225 e. The van der Waals surface area contributed by atoms with Gasteiger partial charge in [0.1, 0.15) is 5.75 Å². The Morgan fingerprint density at radius 1 is 1.40 bits per heavy atom. The van der Waals surface area contributed by atoms with Gasteiger partial charge in [0.05, 0.1) is 25.7 Å². The number of benzene rings is 1. The average molecular weight is 278 g/mol. The Kier molecular flexibility index (Phi) is 4.62. The van der Waals surface area contributed by atoms with E-state index >= 15 is 0 Å². The Labute approximate surface area is 119 Å². The van der Waals surface area contributed by atoms with Crippen molar-refractivity contribution >= 4 is 5.91 Å². The number of ether oxygens (including phenoxy) is 1. The summed E-state index contributed by atoms with van der Waals surface area (Å²) in [6.07, 6.45) is -0.288. The van der Waals surface area contributed by atoms with Crippen LogP contribution >= 0.6 is 0 Å². The van der Waals surface area contributed by atoms with Crippen molar-refractivity contribution in [2.75, 3.05) is 34.3 Å². The fourth-order valence-electron chi connectivity index (χ4n) is 2.53. The minimum Gasteiger partial charge on any atom is -0.497 e. The normalized spacial score (nSPS) is 20.6. The number of methoxy groups -OCH3 is 1. The van der Waals surface area contributed by atoms with Gasteiger partial charge in [-0.2, -0.15) is 0 Å². The second-order valence-corrected chi connectivity index (χ2v) is 5.41. The molecule has 1 N–H and O–H groups in total. The van der Waals surface area contributed by atoms with Crippen LogP contribution in [0, 0.1) is 0 Å². The van der Waals surface area contributed by atoms with Gasteiger partial charge in [0, 0.05) is 13.1 Å². The van der Waals surface area contributed by atoms with E-state index < -0.39 is 6.10 Å². The number of aliphatic hydroxyl groups excluding tert-OH is 1. The zero-order valence-electron chi connectivity index (χ0n) is 12.2. The molecule has 0 aromatic heterocycles. The number of carbonyl (C=O) groups excluding carboxylic acids is 1. The molecule has 0 aliphatic carbocycles. The zero-order chi connectivity index (χ0) is 14.7. The van der Waals surface area contributed by atoms with Crippen molar-refractivity contribution in [3.05, 3.63) is 29.8 Å². The van der Waals surface area contributed by atoms with Crippen molar-refractivity contribution in [3.8, 4) is 5.75 Å². The Hall–Kier alpha value is -1.59. The van der Waals surface area contributed by atoms with E-state index in [1.807, 2.05) is 38.4 Å². The van der Waals surface area contributed by atoms with E-state index in [4.69, 9.17) is 4.74 Å². The lowest BCUT2D eigenvalue weighted by Gasteiger charge is -2.29. The lowest BCUT2D eigenvalue weighted by atomic mass is 10.1. The highest BCUT2D eigenvalue weighted by Gasteiger charge is 2.30. The quantitative estimate of drug-likeness (QED) is 0.869. The van der Waals surface area contributed by atoms with Crippen molar-refractivity contribution < 1.29 is 14.6 Å². The molecule has 1 aliphatic heterocycles. The van der Waals surface area contributed by atoms with Crippen molar-refractivity contribution in [2.45, 2.75) is 18.6 Å². The summed E-state index contributed by atoms with van der Waals surface area (Å²) >= 11 is 0. The van der Waals surface area contributed by atoms with E-state index in [2.05, 4.69) is 4.90 Å². The van der Waals surface area contributed by atoms with Crippen molar-refractivity contribution in [1.82, 2.24) is 9.80 Å². The molecule has 1 amide bonds. The van der Waals surface area contributed by atoms with Crippen LogP contribution < -0.4 is 4.74 Å².